The molecule has 0 saturated heterocycles. The molecule has 0 radical (unpaired) electrons. The molecule has 4 rings (SSSR count). The molecule has 0 unspecified atom stereocenters. The van der Waals surface area contributed by atoms with Gasteiger partial charge in [0.2, 0.25) is 11.3 Å². The summed E-state index contributed by atoms with van der Waals surface area (Å²) in [5.41, 5.74) is 2.87. The summed E-state index contributed by atoms with van der Waals surface area (Å²) in [4.78, 5) is 10.1. The van der Waals surface area contributed by atoms with Crippen LogP contribution in [0.4, 0.5) is 0 Å². The van der Waals surface area contributed by atoms with E-state index >= 15 is 0 Å². The number of methoxy groups -OCH3 is 2. The Labute approximate surface area is 140 Å². The van der Waals surface area contributed by atoms with Gasteiger partial charge >= 0.3 is 0 Å². The Balaban J connectivity index is 2.00. The maximum Gasteiger partial charge on any atom is 0.244 e. The highest BCUT2D eigenvalue weighted by molar-refractivity contribution is 7.13. The number of hydrogen-bond donors (Lipinski definition) is 0. The van der Waals surface area contributed by atoms with Crippen LogP contribution in [0.3, 0.4) is 0 Å². The zero-order chi connectivity index (χ0) is 16.5. The predicted molar refractivity (Wildman–Crippen MR) is 89.2 cm³/mol. The van der Waals surface area contributed by atoms with Gasteiger partial charge in [-0.05, 0) is 33.9 Å². The Morgan fingerprint density at radius 2 is 1.75 bits per heavy atom. The monoisotopic (exact) mass is 340 g/mol. The van der Waals surface area contributed by atoms with Gasteiger partial charge in [-0.3, -0.25) is 0 Å². The van der Waals surface area contributed by atoms with Crippen molar-refractivity contribution in [1.29, 1.82) is 0 Å². The third-order valence-corrected chi connectivity index (χ3v) is 4.41. The normalized spacial score (nSPS) is 10.9. The lowest BCUT2D eigenvalue weighted by molar-refractivity contribution is 0.314. The van der Waals surface area contributed by atoms with Gasteiger partial charge in [-0.2, -0.15) is 0 Å². The summed E-state index contributed by atoms with van der Waals surface area (Å²) in [6, 6.07) is 9.48. The molecule has 120 valence electrons. The molecule has 8 heteroatoms. The average Bonchev–Trinajstić information content (AvgIpc) is 3.31. The van der Waals surface area contributed by atoms with Crippen LogP contribution in [0.15, 0.2) is 40.3 Å². The minimum absolute atomic E-state index is 0.350. The van der Waals surface area contributed by atoms with Crippen molar-refractivity contribution in [2.75, 3.05) is 14.2 Å². The third kappa shape index (κ3) is 2.37. The molecular formula is C16H12N4O3S. The first-order valence-corrected chi connectivity index (χ1v) is 7.94. The van der Waals surface area contributed by atoms with Crippen molar-refractivity contribution in [2.45, 2.75) is 0 Å². The topological polar surface area (TPSA) is 83.2 Å². The number of rotatable bonds is 4. The molecule has 0 aliphatic rings. The van der Waals surface area contributed by atoms with E-state index in [-0.39, 0.29) is 0 Å². The minimum Gasteiger partial charge on any atom is -0.497 e. The molecule has 0 saturated carbocycles. The number of aromatic nitrogens is 4. The molecule has 7 nitrogen and oxygen atoms in total. The number of hydrogen-bond acceptors (Lipinski definition) is 8. The largest absolute Gasteiger partial charge is 0.497 e. The average molecular weight is 340 g/mol. The van der Waals surface area contributed by atoms with Crippen LogP contribution in [0.2, 0.25) is 0 Å². The van der Waals surface area contributed by atoms with Gasteiger partial charge in [0.25, 0.3) is 0 Å². The molecule has 1 aromatic carbocycles. The van der Waals surface area contributed by atoms with Crippen molar-refractivity contribution in [1.82, 2.24) is 20.3 Å². The lowest BCUT2D eigenvalue weighted by Gasteiger charge is -2.12. The van der Waals surface area contributed by atoms with Gasteiger partial charge in [-0.1, -0.05) is 6.07 Å². The van der Waals surface area contributed by atoms with Crippen molar-refractivity contribution >= 4 is 22.6 Å². The van der Waals surface area contributed by atoms with Crippen molar-refractivity contribution < 1.29 is 14.1 Å². The van der Waals surface area contributed by atoms with Crippen LogP contribution in [0.1, 0.15) is 0 Å². The molecule has 0 bridgehead atoms. The lowest BCUT2D eigenvalue weighted by Crippen LogP contribution is -1.97. The Hall–Kier alpha value is -3.00. The lowest BCUT2D eigenvalue weighted by atomic mass is 10.1. The van der Waals surface area contributed by atoms with Gasteiger partial charge in [-0.25, -0.2) is 14.6 Å². The van der Waals surface area contributed by atoms with E-state index in [4.69, 9.17) is 14.1 Å². The number of thiophene rings is 1. The summed E-state index contributed by atoms with van der Waals surface area (Å²) in [5.74, 6) is 1.34. The summed E-state index contributed by atoms with van der Waals surface area (Å²) in [6.07, 6.45) is 0. The molecule has 3 aromatic heterocycles. The summed E-state index contributed by atoms with van der Waals surface area (Å²) in [5, 5.41) is 9.57. The molecular weight excluding hydrogens is 328 g/mol. The van der Waals surface area contributed by atoms with E-state index in [0.29, 0.717) is 34.2 Å². The fourth-order valence-corrected chi connectivity index (χ4v) is 3.12. The molecule has 0 N–H and O–H groups in total. The summed E-state index contributed by atoms with van der Waals surface area (Å²) >= 11 is 1.57. The van der Waals surface area contributed by atoms with Crippen molar-refractivity contribution in [2.24, 2.45) is 0 Å². The highest BCUT2D eigenvalue weighted by Gasteiger charge is 2.19. The Kier molecular flexibility index (Phi) is 3.58. The number of fused-ring (bicyclic) bond motifs is 1. The van der Waals surface area contributed by atoms with E-state index < -0.39 is 0 Å². The molecule has 0 aliphatic carbocycles. The van der Waals surface area contributed by atoms with Crippen LogP contribution in [-0.2, 0) is 0 Å². The number of nitrogens with zero attached hydrogens (tertiary/aromatic N) is 4. The van der Waals surface area contributed by atoms with Crippen LogP contribution >= 0.6 is 11.3 Å². The first-order chi connectivity index (χ1) is 11.8. The predicted octanol–water partition coefficient (Wildman–Crippen LogP) is 3.43. The molecule has 4 aromatic rings. The molecule has 0 aliphatic heterocycles. The van der Waals surface area contributed by atoms with Gasteiger partial charge in [-0.15, -0.1) is 11.3 Å². The Morgan fingerprint density at radius 1 is 0.958 bits per heavy atom. The first-order valence-electron chi connectivity index (χ1n) is 7.06. The van der Waals surface area contributed by atoms with Gasteiger partial charge in [0.1, 0.15) is 22.9 Å². The van der Waals surface area contributed by atoms with Crippen LogP contribution in [0.5, 0.6) is 11.5 Å². The second-order valence-corrected chi connectivity index (χ2v) is 5.82. The van der Waals surface area contributed by atoms with Crippen LogP contribution in [0, 0.1) is 0 Å². The molecule has 0 fully saturated rings. The van der Waals surface area contributed by atoms with Crippen molar-refractivity contribution in [3.8, 4) is 33.3 Å². The maximum absolute atomic E-state index is 5.50. The summed E-state index contributed by atoms with van der Waals surface area (Å²) < 4.78 is 15.5. The standard InChI is InChI=1S/C16H12N4O3S/c1-21-9-5-6-10(11(8-9)22-2)13-14(12-4-3-7-24-12)18-16-15(17-13)19-23-20-16/h3-8H,1-2H3. The summed E-state index contributed by atoms with van der Waals surface area (Å²) in [7, 11) is 3.21. The first kappa shape index (κ1) is 14.6. The smallest absolute Gasteiger partial charge is 0.244 e. The SMILES string of the molecule is COc1ccc(-c2nc3nonc3nc2-c2cccs2)c(OC)c1. The van der Waals surface area contributed by atoms with E-state index in [1.54, 1.807) is 31.6 Å². The zero-order valence-electron chi connectivity index (χ0n) is 12.9. The van der Waals surface area contributed by atoms with E-state index in [9.17, 15) is 0 Å². The Morgan fingerprint density at radius 3 is 2.42 bits per heavy atom. The fraction of sp³-hybridized carbons (Fsp3) is 0.125. The second-order valence-electron chi connectivity index (χ2n) is 4.88. The Bertz CT molecular complexity index is 998. The number of ether oxygens (including phenoxy) is 2. The molecule has 0 amide bonds. The molecule has 0 atom stereocenters. The van der Waals surface area contributed by atoms with E-state index in [1.165, 1.54) is 0 Å². The second kappa shape index (κ2) is 5.89. The van der Waals surface area contributed by atoms with E-state index in [1.807, 2.05) is 29.6 Å². The van der Waals surface area contributed by atoms with E-state index in [2.05, 4.69) is 20.3 Å². The summed E-state index contributed by atoms with van der Waals surface area (Å²) in [6.45, 7) is 0. The maximum atomic E-state index is 5.50. The van der Waals surface area contributed by atoms with E-state index in [0.717, 1.165) is 10.4 Å². The highest BCUT2D eigenvalue weighted by atomic mass is 32.1. The van der Waals surface area contributed by atoms with Gasteiger partial charge in [0.05, 0.1) is 19.1 Å². The van der Waals surface area contributed by atoms with Crippen molar-refractivity contribution in [3.05, 3.63) is 35.7 Å². The zero-order valence-corrected chi connectivity index (χ0v) is 13.7. The van der Waals surface area contributed by atoms with Gasteiger partial charge < -0.3 is 9.47 Å². The van der Waals surface area contributed by atoms with Crippen molar-refractivity contribution in [3.63, 3.8) is 0 Å². The molecule has 0 spiro atoms. The third-order valence-electron chi connectivity index (χ3n) is 3.53. The molecule has 3 heterocycles. The van der Waals surface area contributed by atoms with Crippen LogP contribution in [-0.4, -0.2) is 34.5 Å². The van der Waals surface area contributed by atoms with Gasteiger partial charge in [0, 0.05) is 11.6 Å². The highest BCUT2D eigenvalue weighted by Crippen LogP contribution is 2.38. The molecule has 24 heavy (non-hydrogen) atoms. The number of benzene rings is 1. The quantitative estimate of drug-likeness (QED) is 0.563. The minimum atomic E-state index is 0.350. The van der Waals surface area contributed by atoms with Crippen LogP contribution < -0.4 is 9.47 Å². The van der Waals surface area contributed by atoms with Crippen LogP contribution in [0.25, 0.3) is 33.1 Å². The van der Waals surface area contributed by atoms with Gasteiger partial charge in [0.15, 0.2) is 0 Å². The fourth-order valence-electron chi connectivity index (χ4n) is 2.40.